The second-order valence-corrected chi connectivity index (χ2v) is 5.43. The van der Waals surface area contributed by atoms with Crippen LogP contribution in [0.1, 0.15) is 12.8 Å². The molecule has 0 saturated carbocycles. The predicted molar refractivity (Wildman–Crippen MR) is 68.4 cm³/mol. The van der Waals surface area contributed by atoms with Crippen molar-refractivity contribution in [2.24, 2.45) is 0 Å². The molecule has 1 heterocycles. The minimum Gasteiger partial charge on any atom is -0.488 e. The van der Waals surface area contributed by atoms with E-state index in [-0.39, 0.29) is 0 Å². The molecular weight excluding hydrogens is 322 g/mol. The molecule has 1 saturated heterocycles. The first-order valence-corrected chi connectivity index (χ1v) is 6.67. The molecule has 82 valence electrons. The quantitative estimate of drug-likeness (QED) is 0.895. The Labute approximate surface area is 107 Å². The van der Waals surface area contributed by atoms with E-state index in [0.717, 1.165) is 34.2 Å². The molecule has 0 spiro atoms. The molecule has 0 aromatic heterocycles. The summed E-state index contributed by atoms with van der Waals surface area (Å²) in [6.45, 7) is 2.06. The lowest BCUT2D eigenvalue weighted by Crippen LogP contribution is -2.37. The van der Waals surface area contributed by atoms with Crippen molar-refractivity contribution in [2.45, 2.75) is 18.9 Å². The molecule has 0 radical (unpaired) electrons. The van der Waals surface area contributed by atoms with Crippen molar-refractivity contribution in [2.75, 3.05) is 13.1 Å². The lowest BCUT2D eigenvalue weighted by Gasteiger charge is -2.24. The van der Waals surface area contributed by atoms with Gasteiger partial charge in [0.1, 0.15) is 11.9 Å². The van der Waals surface area contributed by atoms with E-state index in [9.17, 15) is 0 Å². The summed E-state index contributed by atoms with van der Waals surface area (Å²) in [7, 11) is 0. The summed E-state index contributed by atoms with van der Waals surface area (Å²) in [6, 6.07) is 5.99. The molecule has 0 unspecified atom stereocenters. The summed E-state index contributed by atoms with van der Waals surface area (Å²) < 4.78 is 7.97. The van der Waals surface area contributed by atoms with E-state index in [2.05, 4.69) is 37.2 Å². The highest BCUT2D eigenvalue weighted by atomic mass is 79.9. The van der Waals surface area contributed by atoms with Crippen LogP contribution in [0.5, 0.6) is 5.75 Å². The zero-order valence-electron chi connectivity index (χ0n) is 8.30. The third kappa shape index (κ3) is 3.20. The van der Waals surface area contributed by atoms with E-state index in [4.69, 9.17) is 4.74 Å². The van der Waals surface area contributed by atoms with Crippen molar-refractivity contribution in [3.8, 4) is 5.75 Å². The van der Waals surface area contributed by atoms with Crippen molar-refractivity contribution in [1.29, 1.82) is 0 Å². The van der Waals surface area contributed by atoms with Crippen molar-refractivity contribution in [3.63, 3.8) is 0 Å². The first kappa shape index (κ1) is 11.4. The van der Waals surface area contributed by atoms with E-state index in [1.165, 1.54) is 6.42 Å². The van der Waals surface area contributed by atoms with Crippen LogP contribution in [0.3, 0.4) is 0 Å². The number of hydrogen-bond donors (Lipinski definition) is 1. The Hall–Kier alpha value is -0.0600. The standard InChI is InChI=1S/C11H13Br2NO/c12-8-3-4-11(10(13)6-8)15-9-2-1-5-14-7-9/h3-4,6,9,14H,1-2,5,7H2/t9-/m0/s1. The largest absolute Gasteiger partial charge is 0.488 e. The molecule has 1 aliphatic rings. The average Bonchev–Trinajstić information content (AvgIpc) is 2.24. The minimum atomic E-state index is 0.302. The van der Waals surface area contributed by atoms with Gasteiger partial charge in [0.25, 0.3) is 0 Å². The molecule has 0 amide bonds. The lowest BCUT2D eigenvalue weighted by atomic mass is 10.1. The molecule has 1 aromatic rings. The third-order valence-electron chi connectivity index (χ3n) is 2.44. The van der Waals surface area contributed by atoms with Crippen LogP contribution in [-0.2, 0) is 0 Å². The maximum absolute atomic E-state index is 5.91. The molecule has 0 bridgehead atoms. The van der Waals surface area contributed by atoms with Gasteiger partial charge in [-0.25, -0.2) is 0 Å². The normalized spacial score (nSPS) is 21.3. The van der Waals surface area contributed by atoms with Gasteiger partial charge in [-0.2, -0.15) is 0 Å². The number of halogens is 2. The highest BCUT2D eigenvalue weighted by Gasteiger charge is 2.15. The zero-order valence-corrected chi connectivity index (χ0v) is 11.5. The SMILES string of the molecule is Brc1ccc(O[C@H]2CCCNC2)c(Br)c1. The van der Waals surface area contributed by atoms with Crippen LogP contribution in [0.25, 0.3) is 0 Å². The van der Waals surface area contributed by atoms with Gasteiger partial charge in [-0.3, -0.25) is 0 Å². The number of piperidine rings is 1. The smallest absolute Gasteiger partial charge is 0.134 e. The van der Waals surface area contributed by atoms with Crippen LogP contribution < -0.4 is 10.1 Å². The molecular formula is C11H13Br2NO. The lowest BCUT2D eigenvalue weighted by molar-refractivity contribution is 0.166. The van der Waals surface area contributed by atoms with Gasteiger partial charge < -0.3 is 10.1 Å². The molecule has 15 heavy (non-hydrogen) atoms. The van der Waals surface area contributed by atoms with E-state index in [1.54, 1.807) is 0 Å². The summed E-state index contributed by atoms with van der Waals surface area (Å²) in [4.78, 5) is 0. The van der Waals surface area contributed by atoms with Crippen LogP contribution in [0, 0.1) is 0 Å². The maximum atomic E-state index is 5.91. The highest BCUT2D eigenvalue weighted by molar-refractivity contribution is 9.11. The van der Waals surface area contributed by atoms with Crippen molar-refractivity contribution in [3.05, 3.63) is 27.1 Å². The van der Waals surface area contributed by atoms with Crippen LogP contribution in [0.15, 0.2) is 27.1 Å². The second-order valence-electron chi connectivity index (χ2n) is 3.66. The van der Waals surface area contributed by atoms with E-state index < -0.39 is 0 Å². The number of hydrogen-bond acceptors (Lipinski definition) is 2. The van der Waals surface area contributed by atoms with E-state index in [1.807, 2.05) is 18.2 Å². The Morgan fingerprint density at radius 3 is 2.87 bits per heavy atom. The molecule has 1 fully saturated rings. The first-order valence-electron chi connectivity index (χ1n) is 5.08. The van der Waals surface area contributed by atoms with Crippen molar-refractivity contribution < 1.29 is 4.74 Å². The number of rotatable bonds is 2. The Balaban J connectivity index is 2.03. The Bertz CT molecular complexity index is 337. The van der Waals surface area contributed by atoms with Crippen LogP contribution in [-0.4, -0.2) is 19.2 Å². The van der Waals surface area contributed by atoms with Crippen LogP contribution in [0.4, 0.5) is 0 Å². The average molecular weight is 335 g/mol. The van der Waals surface area contributed by atoms with E-state index in [0.29, 0.717) is 6.10 Å². The number of ether oxygens (including phenoxy) is 1. The summed E-state index contributed by atoms with van der Waals surface area (Å²) in [5.41, 5.74) is 0. The fraction of sp³-hybridized carbons (Fsp3) is 0.455. The van der Waals surface area contributed by atoms with Gasteiger partial charge in [0, 0.05) is 11.0 Å². The molecule has 2 nitrogen and oxygen atoms in total. The van der Waals surface area contributed by atoms with Gasteiger partial charge in [0.05, 0.1) is 4.47 Å². The van der Waals surface area contributed by atoms with Gasteiger partial charge in [-0.15, -0.1) is 0 Å². The molecule has 1 aromatic carbocycles. The molecule has 2 rings (SSSR count). The third-order valence-corrected chi connectivity index (χ3v) is 3.55. The number of benzene rings is 1. The monoisotopic (exact) mass is 333 g/mol. The topological polar surface area (TPSA) is 21.3 Å². The molecule has 1 atom stereocenters. The summed E-state index contributed by atoms with van der Waals surface area (Å²) >= 11 is 6.92. The fourth-order valence-electron chi connectivity index (χ4n) is 1.67. The summed E-state index contributed by atoms with van der Waals surface area (Å²) in [5.74, 6) is 0.923. The predicted octanol–water partition coefficient (Wildman–Crippen LogP) is 3.34. The molecule has 4 heteroatoms. The summed E-state index contributed by atoms with van der Waals surface area (Å²) in [5, 5.41) is 3.34. The zero-order chi connectivity index (χ0) is 10.7. The molecule has 1 N–H and O–H groups in total. The minimum absolute atomic E-state index is 0.302. The Morgan fingerprint density at radius 2 is 2.20 bits per heavy atom. The van der Waals surface area contributed by atoms with Gasteiger partial charge in [0.2, 0.25) is 0 Å². The number of nitrogens with one attached hydrogen (secondary N) is 1. The van der Waals surface area contributed by atoms with Gasteiger partial charge in [-0.1, -0.05) is 15.9 Å². The fourth-order valence-corrected chi connectivity index (χ4v) is 2.81. The Kier molecular flexibility index (Phi) is 4.05. The maximum Gasteiger partial charge on any atom is 0.134 e. The van der Waals surface area contributed by atoms with Gasteiger partial charge >= 0.3 is 0 Å². The van der Waals surface area contributed by atoms with Crippen molar-refractivity contribution in [1.82, 2.24) is 5.32 Å². The van der Waals surface area contributed by atoms with Gasteiger partial charge in [-0.05, 0) is 53.5 Å². The van der Waals surface area contributed by atoms with Crippen LogP contribution in [0.2, 0.25) is 0 Å². The molecule has 0 aliphatic carbocycles. The highest BCUT2D eigenvalue weighted by Crippen LogP contribution is 2.29. The van der Waals surface area contributed by atoms with Crippen LogP contribution >= 0.6 is 31.9 Å². The second kappa shape index (κ2) is 5.32. The molecule has 1 aliphatic heterocycles. The first-order chi connectivity index (χ1) is 7.25. The summed E-state index contributed by atoms with van der Waals surface area (Å²) in [6.07, 6.45) is 2.63. The van der Waals surface area contributed by atoms with Crippen molar-refractivity contribution >= 4 is 31.9 Å². The van der Waals surface area contributed by atoms with Gasteiger partial charge in [0.15, 0.2) is 0 Å². The van der Waals surface area contributed by atoms with E-state index >= 15 is 0 Å². The Morgan fingerprint density at radius 1 is 1.33 bits per heavy atom.